The van der Waals surface area contributed by atoms with Gasteiger partial charge in [-0.25, -0.2) is 0 Å². The Balaban J connectivity index is -0.000000000238. The van der Waals surface area contributed by atoms with Crippen LogP contribution in [0.4, 0.5) is 0 Å². The van der Waals surface area contributed by atoms with E-state index in [9.17, 15) is 0 Å². The molecule has 0 aromatic carbocycles. The summed E-state index contributed by atoms with van der Waals surface area (Å²) in [5.41, 5.74) is 0. The Morgan fingerprint density at radius 3 is 0.556 bits per heavy atom. The van der Waals surface area contributed by atoms with E-state index in [4.69, 9.17) is 0 Å². The molecular weight excluding hydrogens is 279 g/mol. The second-order valence-electron chi connectivity index (χ2n) is 0. The van der Waals surface area contributed by atoms with E-state index in [1.165, 1.54) is 0 Å². The van der Waals surface area contributed by atoms with Gasteiger partial charge in [0.2, 0.25) is 0 Å². The van der Waals surface area contributed by atoms with Crippen molar-refractivity contribution in [3.63, 3.8) is 0 Å². The van der Waals surface area contributed by atoms with E-state index < -0.39 is 0 Å². The minimum Gasteiger partial charge on any atom is -0.693 e. The summed E-state index contributed by atoms with van der Waals surface area (Å²) in [6, 6.07) is 0. The molecule has 0 bridgehead atoms. The average molecular weight is 289 g/mol. The molecule has 0 aromatic rings. The molecule has 9 heteroatoms. The molecule has 0 spiro atoms. The van der Waals surface area contributed by atoms with E-state index in [0.29, 0.717) is 0 Å². The second kappa shape index (κ2) is 382. The molecule has 0 rings (SSSR count). The third-order valence-electron chi connectivity index (χ3n) is 0. The number of hydrogen-bond donors (Lipinski definition) is 0. The fraction of sp³-hybridized carbons (Fsp3) is 0. The molecule has 0 saturated heterocycles. The molecule has 10 N–H and O–H groups in total. The van der Waals surface area contributed by atoms with E-state index in [1.54, 1.807) is 0 Å². The maximum atomic E-state index is 4.53. The van der Waals surface area contributed by atoms with Crippen molar-refractivity contribution in [3.8, 4) is 0 Å². The Hall–Kier alpha value is 1.29. The van der Waals surface area contributed by atoms with Crippen molar-refractivity contribution in [2.24, 2.45) is 0 Å². The van der Waals surface area contributed by atoms with Crippen LogP contribution in [-0.4, -0.2) is 0 Å². The van der Waals surface area contributed by atoms with Gasteiger partial charge in [-0.2, -0.15) is 0 Å². The molecule has 0 atom stereocenters. The van der Waals surface area contributed by atoms with Gasteiger partial charge in [0.1, 0.15) is 0 Å². The van der Waals surface area contributed by atoms with Gasteiger partial charge in [-0.3, -0.25) is 0 Å². The average Bonchev–Trinajstić information content (AvgIpc) is 1.00. The van der Waals surface area contributed by atoms with Crippen LogP contribution in [-0.2, 0) is 17.3 Å². The minimum absolute atomic E-state index is 0. The SMILES string of the molecule is [Cl-].[Cl-].[Cl][Rh+2].[NH2-].[NH2-].[NH2-].[NH2-].[NH2-]. The molecule has 70 valence electrons. The van der Waals surface area contributed by atoms with Crippen LogP contribution in [0.15, 0.2) is 0 Å². The molecule has 0 saturated carbocycles. The van der Waals surface area contributed by atoms with E-state index in [1.807, 2.05) is 17.3 Å². The summed E-state index contributed by atoms with van der Waals surface area (Å²) < 4.78 is 0. The van der Waals surface area contributed by atoms with Crippen LogP contribution in [0.25, 0.3) is 30.8 Å². The van der Waals surface area contributed by atoms with Gasteiger partial charge < -0.3 is 55.6 Å². The first-order valence-corrected chi connectivity index (χ1v) is 2.24. The predicted octanol–water partition coefficient (Wildman–Crippen LogP) is -1.72. The van der Waals surface area contributed by atoms with Crippen molar-refractivity contribution >= 4 is 9.69 Å². The first kappa shape index (κ1) is 169. The van der Waals surface area contributed by atoms with E-state index in [-0.39, 0.29) is 55.6 Å². The molecule has 0 amide bonds. The Bertz CT molecular complexity index is 12.2. The summed E-state index contributed by atoms with van der Waals surface area (Å²) in [5, 5.41) is 0. The van der Waals surface area contributed by atoms with Crippen molar-refractivity contribution in [1.82, 2.24) is 0 Å². The minimum atomic E-state index is 0. The van der Waals surface area contributed by atoms with Crippen LogP contribution in [0.1, 0.15) is 0 Å². The fourth-order valence-electron chi connectivity index (χ4n) is 0. The molecule has 0 radical (unpaired) electrons. The third kappa shape index (κ3) is 296. The van der Waals surface area contributed by atoms with E-state index >= 15 is 0 Å². The predicted molar refractivity (Wildman–Crippen MR) is 32.3 cm³/mol. The summed E-state index contributed by atoms with van der Waals surface area (Å²) in [4.78, 5) is 0. The maximum Gasteiger partial charge on any atom is -0.693 e. The van der Waals surface area contributed by atoms with Gasteiger partial charge in [0.25, 0.3) is 0 Å². The van der Waals surface area contributed by atoms with Gasteiger partial charge in [-0.1, -0.05) is 0 Å². The first-order chi connectivity index (χ1) is 1.00. The zero-order valence-corrected chi connectivity index (χ0v) is 8.26. The van der Waals surface area contributed by atoms with Crippen molar-refractivity contribution in [3.05, 3.63) is 30.8 Å². The monoisotopic (exact) mass is 288 g/mol. The molecule has 0 fully saturated rings. The van der Waals surface area contributed by atoms with Gasteiger partial charge in [-0.15, -0.1) is 0 Å². The fourth-order valence-corrected chi connectivity index (χ4v) is 0. The third-order valence-corrected chi connectivity index (χ3v) is 0. The van der Waals surface area contributed by atoms with Gasteiger partial charge >= 0.3 is 27.0 Å². The number of nitrogens with two attached hydrogens (primary N) is 5. The molecule has 0 aliphatic heterocycles. The summed E-state index contributed by atoms with van der Waals surface area (Å²) in [5.74, 6) is 0. The van der Waals surface area contributed by atoms with Crippen molar-refractivity contribution in [1.29, 1.82) is 0 Å². The molecule has 0 heterocycles. The van der Waals surface area contributed by atoms with Crippen LogP contribution in [0.3, 0.4) is 0 Å². The summed E-state index contributed by atoms with van der Waals surface area (Å²) >= 11 is 2.02. The summed E-state index contributed by atoms with van der Waals surface area (Å²) in [6.07, 6.45) is 0. The molecule has 0 aliphatic carbocycles. The zero-order valence-electron chi connectivity index (χ0n) is 4.35. The molecular formula is H10Cl3N5Rh-5. The molecule has 9 heavy (non-hydrogen) atoms. The first-order valence-electron chi connectivity index (χ1n) is 0.126. The quantitative estimate of drug-likeness (QED) is 0.463. The van der Waals surface area contributed by atoms with Crippen LogP contribution >= 0.6 is 9.69 Å². The van der Waals surface area contributed by atoms with E-state index in [2.05, 4.69) is 9.69 Å². The van der Waals surface area contributed by atoms with Gasteiger partial charge in [0.15, 0.2) is 0 Å². The summed E-state index contributed by atoms with van der Waals surface area (Å²) in [6.45, 7) is 0. The molecule has 0 aliphatic rings. The summed E-state index contributed by atoms with van der Waals surface area (Å²) in [7, 11) is 4.53. The number of halogens is 3. The van der Waals surface area contributed by atoms with E-state index in [0.717, 1.165) is 0 Å². The van der Waals surface area contributed by atoms with Gasteiger partial charge in [0.05, 0.1) is 0 Å². The topological polar surface area (TPSA) is 168 Å². The van der Waals surface area contributed by atoms with Gasteiger partial charge in [-0.05, 0) is 0 Å². The second-order valence-corrected chi connectivity index (χ2v) is 0. The van der Waals surface area contributed by atoms with Crippen molar-refractivity contribution in [2.45, 2.75) is 0 Å². The normalized spacial score (nSPS) is 0.667. The molecule has 0 aromatic heterocycles. The number of hydrogen-bond acceptors (Lipinski definition) is 0. The maximum absolute atomic E-state index is 4.53. The van der Waals surface area contributed by atoms with Crippen LogP contribution < -0.4 is 24.8 Å². The van der Waals surface area contributed by atoms with Crippen molar-refractivity contribution in [2.75, 3.05) is 0 Å². The zero-order chi connectivity index (χ0) is 2.00. The van der Waals surface area contributed by atoms with Crippen molar-refractivity contribution < 1.29 is 42.1 Å². The smallest absolute Gasteiger partial charge is 0.693 e. The Labute approximate surface area is 82.5 Å². The molecule has 0 unspecified atom stereocenters. The van der Waals surface area contributed by atoms with Crippen LogP contribution in [0.5, 0.6) is 0 Å². The Kier molecular flexibility index (Phi) is 7180. The standard InChI is InChI=1S/3ClH.5H2N.Rh/h3*1H;5*1H2;/q;;;5*-1;+3/p-3. The van der Waals surface area contributed by atoms with Gasteiger partial charge in [0, 0.05) is 0 Å². The van der Waals surface area contributed by atoms with Crippen LogP contribution in [0.2, 0.25) is 0 Å². The Morgan fingerprint density at radius 2 is 0.556 bits per heavy atom. The van der Waals surface area contributed by atoms with Crippen LogP contribution in [0, 0.1) is 0 Å². The molecule has 5 nitrogen and oxygen atoms in total. The Morgan fingerprint density at radius 1 is 0.556 bits per heavy atom. The number of rotatable bonds is 0. The largest absolute Gasteiger partial charge is 0.693 e.